The van der Waals surface area contributed by atoms with Crippen LogP contribution in [0.1, 0.15) is 83.5 Å². The molecule has 0 aliphatic carbocycles. The molecule has 1 unspecified atom stereocenters. The second-order valence-electron chi connectivity index (χ2n) is 30.5. The molecule has 0 bridgehead atoms. The lowest BCUT2D eigenvalue weighted by Crippen LogP contribution is -2.44. The summed E-state index contributed by atoms with van der Waals surface area (Å²) in [6.45, 7) is 9.93. The first-order chi connectivity index (χ1) is 64.4. The van der Waals surface area contributed by atoms with Gasteiger partial charge in [-0.2, -0.15) is 0 Å². The predicted molar refractivity (Wildman–Crippen MR) is 502 cm³/mol. The molecule has 10 heterocycles. The summed E-state index contributed by atoms with van der Waals surface area (Å²) < 4.78 is 62.5. The van der Waals surface area contributed by atoms with Crippen LogP contribution in [0.3, 0.4) is 0 Å². The number of nitrogens with zero attached hydrogens (tertiary/aromatic N) is 11. The minimum Gasteiger partial charge on any atom is -0.347 e. The van der Waals surface area contributed by atoms with Gasteiger partial charge in [0.05, 0.1) is 100 Å². The van der Waals surface area contributed by atoms with Crippen molar-refractivity contribution in [2.24, 2.45) is 5.41 Å². The van der Waals surface area contributed by atoms with Crippen molar-refractivity contribution in [3.63, 3.8) is 0 Å². The highest BCUT2D eigenvalue weighted by Crippen LogP contribution is 2.36. The number of rotatable bonds is 24. The fourth-order valence-corrected chi connectivity index (χ4v) is 13.3. The number of hydrogen-bond acceptors (Lipinski definition) is 27. The number of carbonyl (C=O) groups is 7. The molecule has 0 radical (unpaired) electrons. The van der Waals surface area contributed by atoms with Gasteiger partial charge >= 0.3 is 0 Å². The highest BCUT2D eigenvalue weighted by Gasteiger charge is 2.29. The van der Waals surface area contributed by atoms with Crippen LogP contribution in [0.25, 0.3) is 77.9 Å². The number of benzene rings is 7. The van der Waals surface area contributed by atoms with E-state index in [1.807, 2.05) is 240 Å². The van der Waals surface area contributed by atoms with E-state index >= 15 is 0 Å². The molecule has 7 N–H and O–H groups in total. The summed E-state index contributed by atoms with van der Waals surface area (Å²) in [6.07, 6.45) is 20.8. The van der Waals surface area contributed by atoms with Crippen molar-refractivity contribution < 1.29 is 73.6 Å². The Morgan fingerprint density at radius 2 is 0.752 bits per heavy atom. The molecule has 1 aliphatic rings. The highest BCUT2D eigenvalue weighted by molar-refractivity contribution is 7.92. The van der Waals surface area contributed by atoms with Crippen molar-refractivity contribution in [2.45, 2.75) is 84.1 Å². The molecule has 0 spiro atoms. The van der Waals surface area contributed by atoms with Crippen LogP contribution in [0.15, 0.2) is 341 Å². The molecule has 682 valence electrons. The van der Waals surface area contributed by atoms with Crippen molar-refractivity contribution in [3.8, 4) is 77.9 Å². The van der Waals surface area contributed by atoms with Crippen molar-refractivity contribution in [1.29, 1.82) is 0 Å². The minimum atomic E-state index is -3.76. The maximum Gasteiger partial charge on any atom is 0.265 e. The average molecular weight is 1820 g/mol. The number of ketones is 1. The van der Waals surface area contributed by atoms with Gasteiger partial charge in [0, 0.05) is 63.6 Å². The molecule has 0 saturated carbocycles. The summed E-state index contributed by atoms with van der Waals surface area (Å²) in [5, 5.41) is 42.7. The van der Waals surface area contributed by atoms with Crippen LogP contribution in [0.5, 0.6) is 0 Å². The number of anilines is 7. The molecule has 9 aromatic heterocycles. The molecule has 7 aromatic carbocycles. The second kappa shape index (κ2) is 49.0. The smallest absolute Gasteiger partial charge is 0.265 e. The maximum absolute atomic E-state index is 12.4. The van der Waals surface area contributed by atoms with Crippen molar-refractivity contribution in [3.05, 3.63) is 310 Å². The Hall–Kier alpha value is -16.7. The van der Waals surface area contributed by atoms with E-state index < -0.39 is 15.4 Å². The van der Waals surface area contributed by atoms with Gasteiger partial charge in [0.25, 0.3) is 15.9 Å². The van der Waals surface area contributed by atoms with E-state index in [-0.39, 0.29) is 77.4 Å². The lowest BCUT2D eigenvalue weighted by Gasteiger charge is -2.30. The Balaban J connectivity index is 0.000000150. The summed E-state index contributed by atoms with van der Waals surface area (Å²) in [6, 6.07) is 73.5. The van der Waals surface area contributed by atoms with Gasteiger partial charge in [-0.1, -0.05) is 283 Å². The van der Waals surface area contributed by atoms with Gasteiger partial charge in [0.1, 0.15) is 10.7 Å². The van der Waals surface area contributed by atoms with Crippen LogP contribution >= 0.6 is 0 Å². The number of likely N-dealkylation sites (tertiary alicyclic amines) is 1. The van der Waals surface area contributed by atoms with Crippen LogP contribution in [0.4, 0.5) is 41.2 Å². The number of pyridine rings is 2. The van der Waals surface area contributed by atoms with E-state index in [9.17, 15) is 42.0 Å². The second-order valence-corrected chi connectivity index (χ2v) is 32.2. The van der Waals surface area contributed by atoms with Crippen LogP contribution in [-0.4, -0.2) is 146 Å². The number of aromatic nitrogens is 9. The molecular weight excluding hydrogens is 1720 g/mol. The van der Waals surface area contributed by atoms with Gasteiger partial charge in [-0.25, -0.2) is 13.1 Å². The summed E-state index contributed by atoms with van der Waals surface area (Å²) in [5.41, 5.74) is 11.8. The molecule has 133 heavy (non-hydrogen) atoms. The minimum absolute atomic E-state index is 0.0176. The largest absolute Gasteiger partial charge is 0.347 e. The first kappa shape index (κ1) is 96.9. The first-order valence-electron chi connectivity index (χ1n) is 41.9. The zero-order valence-corrected chi connectivity index (χ0v) is 74.8. The number of piperidine rings is 1. The Labute approximate surface area is 766 Å². The number of Topliss-reactive ketones (excluding diaryl/α,β-unsaturated/α-hetero) is 1. The monoisotopic (exact) mass is 1810 g/mol. The molecular formula is C98H98N18O16S. The standard InChI is InChI=1S/C16H19N3O2.C15H11N3O2.C14H11N3O3S.C14H14N2O3.C14H16N2O2.C13H15N3O2.C12H12N2O2/c1-19-10-6-5-9-14(19)15(20)18-16-13(11-17-21-16)12-7-3-2-4-8-12;19-14(12-7-4-8-16-9-12)18-15-13(10-17-20-15)11-5-2-1-3-6-11;18-21(19,12-7-4-8-15-9-12)17-14-13(10-16-20-14)11-5-2-1-3-6-11;1-10(17)7-8-13(18)16-14-12(9-15-19-14)11-5-3-2-4-6-11;1-14(2,3)13(17)16-12-11(9-15-18-12)10-7-5-4-6-8-10;1-16(2)12(17)9-14-13-11(8-15-18-13)10-6-4-3-5-7-10;1-2-11(15)14-12-10(8-13-16-12)9-6-4-3-5-7-9/h2-4,7-8,11,14H,5-6,9-10H2,1H3,(H,18,20);1-10H,(H,18,19);1-10,17H;2-6,9H,7-8H2,1H3,(H,16,18);4-9H,1-3H3,(H,16,17);3-8,14H,9H2,1-2H3;3-8H,2H2,1H3,(H,14,15). The van der Waals surface area contributed by atoms with E-state index in [1.54, 1.807) is 82.6 Å². The number of amides is 6. The average Bonchev–Trinajstić information content (AvgIpc) is 1.73. The van der Waals surface area contributed by atoms with E-state index in [2.05, 4.69) is 87.6 Å². The van der Waals surface area contributed by atoms with Gasteiger partial charge in [0.2, 0.25) is 70.7 Å². The molecule has 1 fully saturated rings. The van der Waals surface area contributed by atoms with Crippen molar-refractivity contribution >= 4 is 92.4 Å². The molecule has 16 aromatic rings. The molecule has 17 rings (SSSR count). The highest BCUT2D eigenvalue weighted by atomic mass is 32.2. The number of hydrogen-bond donors (Lipinski definition) is 7. The Kier molecular flexibility index (Phi) is 35.7. The number of likely N-dealkylation sites (N-methyl/N-ethyl adjacent to an activating group) is 2. The maximum atomic E-state index is 12.4. The van der Waals surface area contributed by atoms with E-state index in [4.69, 9.17) is 31.7 Å². The summed E-state index contributed by atoms with van der Waals surface area (Å²) in [5.74, 6) is 1.63. The lowest BCUT2D eigenvalue weighted by molar-refractivity contribution is -0.127. The van der Waals surface area contributed by atoms with Crippen molar-refractivity contribution in [2.75, 3.05) is 70.9 Å². The van der Waals surface area contributed by atoms with Crippen molar-refractivity contribution in [1.82, 2.24) is 55.9 Å². The first-order valence-corrected chi connectivity index (χ1v) is 43.4. The molecule has 6 amide bonds. The zero-order valence-electron chi connectivity index (χ0n) is 74.0. The van der Waals surface area contributed by atoms with Gasteiger partial charge in [0.15, 0.2) is 0 Å². The fourth-order valence-electron chi connectivity index (χ4n) is 12.4. The topological polar surface area (TPSA) is 452 Å². The Bertz CT molecular complexity index is 6440. The number of nitrogens with one attached hydrogen (secondary N) is 7. The van der Waals surface area contributed by atoms with Gasteiger partial charge < -0.3 is 46.7 Å². The SMILES string of the molecule is CC(=O)CCC(=O)Nc1oncc1-c1ccccc1.CC(C)(C)C(=O)Nc1oncc1-c1ccccc1.CCC(=O)Nc1oncc1-c1ccccc1.CN(C)C(=O)CNc1oncc1-c1ccccc1.CN1CCCCC1C(=O)Nc1oncc1-c1ccccc1.O=C(Nc1oncc1-c1ccccc1)c1cccnc1.O=S(=O)(Nc1oncc1-c1ccccc1)c1cccnc1. The molecule has 1 atom stereocenters. The van der Waals surface area contributed by atoms with Gasteiger partial charge in [-0.3, -0.25) is 70.2 Å². The quantitative estimate of drug-likeness (QED) is 0.0295. The van der Waals surface area contributed by atoms with E-state index in [1.165, 1.54) is 42.7 Å². The third kappa shape index (κ3) is 29.2. The van der Waals surface area contributed by atoms with E-state index in [0.29, 0.717) is 52.9 Å². The van der Waals surface area contributed by atoms with Gasteiger partial charge in [-0.05, 0) is 96.6 Å². The van der Waals surface area contributed by atoms with Gasteiger partial charge in [-0.15, -0.1) is 0 Å². The molecule has 1 aliphatic heterocycles. The van der Waals surface area contributed by atoms with Crippen LogP contribution in [-0.2, 0) is 38.8 Å². The summed E-state index contributed by atoms with van der Waals surface area (Å²) in [7, 11) is 1.65. The third-order valence-corrected chi connectivity index (χ3v) is 20.9. The molecule has 34 nitrogen and oxygen atoms in total. The fraction of sp³-hybridized carbons (Fsp3) is 0.184. The Morgan fingerprint density at radius 3 is 1.11 bits per heavy atom. The van der Waals surface area contributed by atoms with Crippen LogP contribution in [0, 0.1) is 5.41 Å². The molecule has 1 saturated heterocycles. The third-order valence-electron chi connectivity index (χ3n) is 19.6. The lowest BCUT2D eigenvalue weighted by atomic mass is 9.95. The van der Waals surface area contributed by atoms with E-state index in [0.717, 1.165) is 98.1 Å². The van der Waals surface area contributed by atoms with Crippen LogP contribution in [0.2, 0.25) is 0 Å². The molecule has 35 heteroatoms. The van der Waals surface area contributed by atoms with Crippen LogP contribution < -0.4 is 36.6 Å². The zero-order chi connectivity index (χ0) is 94.3. The number of sulfonamides is 1. The summed E-state index contributed by atoms with van der Waals surface area (Å²) in [4.78, 5) is 93.0. The summed E-state index contributed by atoms with van der Waals surface area (Å²) >= 11 is 0. The number of carbonyl (C=O) groups excluding carboxylic acids is 7. The Morgan fingerprint density at radius 1 is 0.406 bits per heavy atom. The predicted octanol–water partition coefficient (Wildman–Crippen LogP) is 18.8. The normalized spacial score (nSPS) is 11.9.